The zero-order chi connectivity index (χ0) is 20.1. The van der Waals surface area contributed by atoms with Crippen LogP contribution in [0.4, 0.5) is 10.5 Å². The zero-order valence-corrected chi connectivity index (χ0v) is 16.4. The monoisotopic (exact) mass is 387 g/mol. The van der Waals surface area contributed by atoms with Crippen LogP contribution in [-0.2, 0) is 16.0 Å². The number of hydrogen-bond acceptors (Lipinski definition) is 3. The Morgan fingerprint density at radius 1 is 1.07 bits per heavy atom. The highest BCUT2D eigenvalue weighted by molar-refractivity contribution is 5.89. The van der Waals surface area contributed by atoms with Crippen molar-refractivity contribution >= 4 is 23.6 Å². The number of urea groups is 1. The topological polar surface area (TPSA) is 90.0 Å². The molecule has 2 unspecified atom stereocenters. The molecule has 0 aliphatic carbocycles. The molecule has 2 fully saturated rings. The van der Waals surface area contributed by atoms with Crippen LogP contribution in [0.25, 0.3) is 0 Å². The van der Waals surface area contributed by atoms with Gasteiger partial charge >= 0.3 is 12.0 Å². The summed E-state index contributed by atoms with van der Waals surface area (Å²) in [7, 11) is 0. The number of aryl methyl sites for hydroxylation is 1. The predicted octanol–water partition coefficient (Wildman–Crippen LogP) is 2.82. The SMILES string of the molecule is CC1CC(C(=O)O)CN(C(=O)Nc2ccc(CCC(=O)N3CCCC3)cc2)C1. The fourth-order valence-electron chi connectivity index (χ4n) is 4.03. The summed E-state index contributed by atoms with van der Waals surface area (Å²) in [6.07, 6.45) is 4.00. The molecule has 2 saturated heterocycles. The van der Waals surface area contributed by atoms with Crippen LogP contribution in [0.15, 0.2) is 24.3 Å². The van der Waals surface area contributed by atoms with Crippen LogP contribution in [0.2, 0.25) is 0 Å². The van der Waals surface area contributed by atoms with E-state index >= 15 is 0 Å². The van der Waals surface area contributed by atoms with E-state index in [1.54, 1.807) is 4.90 Å². The standard InChI is InChI=1S/C21H29N3O4/c1-15-12-17(20(26)27)14-24(13-15)21(28)22-18-7-4-16(5-8-18)6-9-19(25)23-10-2-3-11-23/h4-5,7-8,15,17H,2-3,6,9-14H2,1H3,(H,22,28)(H,26,27). The number of benzene rings is 1. The van der Waals surface area contributed by atoms with E-state index in [0.717, 1.165) is 31.5 Å². The molecule has 1 aromatic carbocycles. The number of anilines is 1. The smallest absolute Gasteiger partial charge is 0.321 e. The number of aliphatic carboxylic acids is 1. The summed E-state index contributed by atoms with van der Waals surface area (Å²) in [6.45, 7) is 4.52. The Balaban J connectivity index is 1.50. The Labute approximate surface area is 165 Å². The molecule has 0 radical (unpaired) electrons. The minimum Gasteiger partial charge on any atom is -0.481 e. The van der Waals surface area contributed by atoms with Gasteiger partial charge in [0.1, 0.15) is 0 Å². The van der Waals surface area contributed by atoms with Gasteiger partial charge in [0.25, 0.3) is 0 Å². The van der Waals surface area contributed by atoms with Gasteiger partial charge in [-0.25, -0.2) is 4.79 Å². The lowest BCUT2D eigenvalue weighted by atomic mass is 9.91. The molecule has 3 rings (SSSR count). The van der Waals surface area contributed by atoms with Crippen molar-refractivity contribution in [2.45, 2.75) is 39.0 Å². The van der Waals surface area contributed by atoms with Crippen LogP contribution >= 0.6 is 0 Å². The fraction of sp³-hybridized carbons (Fsp3) is 0.571. The second-order valence-electron chi connectivity index (χ2n) is 8.00. The lowest BCUT2D eigenvalue weighted by molar-refractivity contribution is -0.143. The van der Waals surface area contributed by atoms with Gasteiger partial charge in [-0.2, -0.15) is 0 Å². The number of likely N-dealkylation sites (tertiary alicyclic amines) is 2. The molecule has 0 aromatic heterocycles. The van der Waals surface area contributed by atoms with Gasteiger partial charge in [-0.1, -0.05) is 19.1 Å². The van der Waals surface area contributed by atoms with Gasteiger partial charge in [-0.3, -0.25) is 9.59 Å². The molecule has 2 aliphatic heterocycles. The molecule has 28 heavy (non-hydrogen) atoms. The molecule has 1 aromatic rings. The van der Waals surface area contributed by atoms with Crippen molar-refractivity contribution in [1.29, 1.82) is 0 Å². The maximum atomic E-state index is 12.5. The first-order valence-electron chi connectivity index (χ1n) is 10.1. The summed E-state index contributed by atoms with van der Waals surface area (Å²) < 4.78 is 0. The van der Waals surface area contributed by atoms with Gasteiger partial charge in [0.05, 0.1) is 5.92 Å². The molecular formula is C21H29N3O4. The molecule has 7 nitrogen and oxygen atoms in total. The minimum atomic E-state index is -0.850. The maximum absolute atomic E-state index is 12.5. The van der Waals surface area contributed by atoms with Crippen molar-refractivity contribution in [1.82, 2.24) is 9.80 Å². The van der Waals surface area contributed by atoms with Crippen molar-refractivity contribution in [3.05, 3.63) is 29.8 Å². The lowest BCUT2D eigenvalue weighted by Gasteiger charge is -2.34. The summed E-state index contributed by atoms with van der Waals surface area (Å²) in [5, 5.41) is 12.1. The number of carbonyl (C=O) groups is 3. The molecule has 7 heteroatoms. The van der Waals surface area contributed by atoms with Gasteiger partial charge in [0.15, 0.2) is 0 Å². The molecule has 2 atom stereocenters. The van der Waals surface area contributed by atoms with E-state index in [2.05, 4.69) is 5.32 Å². The minimum absolute atomic E-state index is 0.163. The average Bonchev–Trinajstić information content (AvgIpc) is 3.21. The number of hydrogen-bond donors (Lipinski definition) is 2. The van der Waals surface area contributed by atoms with E-state index in [9.17, 15) is 19.5 Å². The van der Waals surface area contributed by atoms with Crippen LogP contribution in [-0.4, -0.2) is 59.0 Å². The maximum Gasteiger partial charge on any atom is 0.321 e. The number of piperidine rings is 1. The molecule has 152 valence electrons. The van der Waals surface area contributed by atoms with Crippen molar-refractivity contribution in [2.75, 3.05) is 31.5 Å². The molecule has 2 N–H and O–H groups in total. The second kappa shape index (κ2) is 9.08. The van der Waals surface area contributed by atoms with E-state index in [-0.39, 0.29) is 24.4 Å². The molecule has 0 saturated carbocycles. The number of carbonyl (C=O) groups excluding carboxylic acids is 2. The summed E-state index contributed by atoms with van der Waals surface area (Å²) in [4.78, 5) is 39.4. The zero-order valence-electron chi connectivity index (χ0n) is 16.4. The van der Waals surface area contributed by atoms with Crippen molar-refractivity contribution < 1.29 is 19.5 Å². The van der Waals surface area contributed by atoms with E-state index in [1.807, 2.05) is 36.1 Å². The van der Waals surface area contributed by atoms with Crippen LogP contribution in [0, 0.1) is 11.8 Å². The number of carboxylic acid groups (broad SMARTS) is 1. The van der Waals surface area contributed by atoms with Gasteiger partial charge in [0, 0.05) is 38.3 Å². The van der Waals surface area contributed by atoms with E-state index in [4.69, 9.17) is 0 Å². The molecule has 0 bridgehead atoms. The van der Waals surface area contributed by atoms with Crippen molar-refractivity contribution in [3.8, 4) is 0 Å². The highest BCUT2D eigenvalue weighted by Gasteiger charge is 2.31. The number of rotatable bonds is 5. The van der Waals surface area contributed by atoms with Crippen molar-refractivity contribution in [3.63, 3.8) is 0 Å². The average molecular weight is 387 g/mol. The lowest BCUT2D eigenvalue weighted by Crippen LogP contribution is -2.47. The third-order valence-corrected chi connectivity index (χ3v) is 5.59. The van der Waals surface area contributed by atoms with Gasteiger partial charge in [0.2, 0.25) is 5.91 Å². The van der Waals surface area contributed by atoms with Gasteiger partial charge < -0.3 is 20.2 Å². The fourth-order valence-corrected chi connectivity index (χ4v) is 4.03. The number of nitrogens with zero attached hydrogens (tertiary/aromatic N) is 2. The highest BCUT2D eigenvalue weighted by atomic mass is 16.4. The molecule has 0 spiro atoms. The van der Waals surface area contributed by atoms with Crippen molar-refractivity contribution in [2.24, 2.45) is 11.8 Å². The van der Waals surface area contributed by atoms with Crippen LogP contribution in [0.5, 0.6) is 0 Å². The number of carboxylic acids is 1. The Kier molecular flexibility index (Phi) is 6.54. The first kappa shape index (κ1) is 20.2. The summed E-state index contributed by atoms with van der Waals surface area (Å²) in [6, 6.07) is 7.23. The predicted molar refractivity (Wildman–Crippen MR) is 106 cm³/mol. The van der Waals surface area contributed by atoms with Gasteiger partial charge in [-0.05, 0) is 49.3 Å². The first-order chi connectivity index (χ1) is 13.4. The Hall–Kier alpha value is -2.57. The quantitative estimate of drug-likeness (QED) is 0.813. The Bertz CT molecular complexity index is 713. The normalized spacial score (nSPS) is 22.2. The Morgan fingerprint density at radius 2 is 1.75 bits per heavy atom. The largest absolute Gasteiger partial charge is 0.481 e. The number of nitrogens with one attached hydrogen (secondary N) is 1. The first-order valence-corrected chi connectivity index (χ1v) is 10.1. The van der Waals surface area contributed by atoms with Crippen LogP contribution in [0.1, 0.15) is 38.2 Å². The van der Waals surface area contributed by atoms with E-state index in [1.165, 1.54) is 0 Å². The molecule has 2 aliphatic rings. The summed E-state index contributed by atoms with van der Waals surface area (Å²) in [5.41, 5.74) is 1.73. The summed E-state index contributed by atoms with van der Waals surface area (Å²) in [5.74, 6) is -0.986. The van der Waals surface area contributed by atoms with E-state index < -0.39 is 11.9 Å². The van der Waals surface area contributed by atoms with Crippen LogP contribution in [0.3, 0.4) is 0 Å². The third kappa shape index (κ3) is 5.24. The van der Waals surface area contributed by atoms with Gasteiger partial charge in [-0.15, -0.1) is 0 Å². The Morgan fingerprint density at radius 3 is 2.39 bits per heavy atom. The molecule has 2 heterocycles. The summed E-state index contributed by atoms with van der Waals surface area (Å²) >= 11 is 0. The molecular weight excluding hydrogens is 358 g/mol. The highest BCUT2D eigenvalue weighted by Crippen LogP contribution is 2.23. The van der Waals surface area contributed by atoms with Crippen LogP contribution < -0.4 is 5.32 Å². The number of amides is 3. The van der Waals surface area contributed by atoms with E-state index in [0.29, 0.717) is 31.5 Å². The third-order valence-electron chi connectivity index (χ3n) is 5.59. The molecule has 3 amide bonds. The second-order valence-corrected chi connectivity index (χ2v) is 8.00.